The lowest BCUT2D eigenvalue weighted by molar-refractivity contribution is 0.0992. The number of carbonyl (C=O) groups excluding carboxylic acids is 2. The lowest BCUT2D eigenvalue weighted by Gasteiger charge is -2.20. The molecule has 4 aromatic rings. The van der Waals surface area contributed by atoms with E-state index in [0.29, 0.717) is 29.9 Å². The molecule has 1 aliphatic rings. The summed E-state index contributed by atoms with van der Waals surface area (Å²) in [4.78, 5) is 28.8. The van der Waals surface area contributed by atoms with Gasteiger partial charge in [0, 0.05) is 29.1 Å². The van der Waals surface area contributed by atoms with Crippen molar-refractivity contribution in [2.75, 3.05) is 5.32 Å². The monoisotopic (exact) mass is 459 g/mol. The number of phenols is 1. The lowest BCUT2D eigenvalue weighted by Crippen LogP contribution is -2.16. The van der Waals surface area contributed by atoms with Crippen LogP contribution in [0, 0.1) is 0 Å². The highest BCUT2D eigenvalue weighted by molar-refractivity contribution is 6.33. The Morgan fingerprint density at radius 2 is 1.94 bits per heavy atom. The SMILES string of the molecule is NC(=O)c1nn(-c2cccc(O)c2)c2c1CCc1ccc(NC(=O)c3cccnc3Cl)cc1-2. The average molecular weight is 460 g/mol. The van der Waals surface area contributed by atoms with E-state index in [-0.39, 0.29) is 28.1 Å². The molecule has 4 N–H and O–H groups in total. The number of pyridine rings is 1. The van der Waals surface area contributed by atoms with Gasteiger partial charge in [-0.2, -0.15) is 5.10 Å². The highest BCUT2D eigenvalue weighted by Gasteiger charge is 2.28. The number of primary amides is 1. The number of carbonyl (C=O) groups is 2. The first-order valence-corrected chi connectivity index (χ1v) is 10.6. The Morgan fingerprint density at radius 1 is 1.09 bits per heavy atom. The van der Waals surface area contributed by atoms with E-state index in [1.807, 2.05) is 18.2 Å². The van der Waals surface area contributed by atoms with Gasteiger partial charge >= 0.3 is 0 Å². The second kappa shape index (κ2) is 8.07. The summed E-state index contributed by atoms with van der Waals surface area (Å²) in [5, 5.41) is 17.4. The van der Waals surface area contributed by atoms with Gasteiger partial charge in [0.05, 0.1) is 16.9 Å². The number of hydrogen-bond donors (Lipinski definition) is 3. The lowest BCUT2D eigenvalue weighted by atomic mass is 9.88. The van der Waals surface area contributed by atoms with E-state index >= 15 is 0 Å². The molecule has 0 atom stereocenters. The molecule has 0 saturated carbocycles. The van der Waals surface area contributed by atoms with Gasteiger partial charge in [-0.25, -0.2) is 9.67 Å². The maximum Gasteiger partial charge on any atom is 0.269 e. The number of nitrogens with zero attached hydrogens (tertiary/aromatic N) is 3. The largest absolute Gasteiger partial charge is 0.508 e. The average Bonchev–Trinajstić information content (AvgIpc) is 3.20. The van der Waals surface area contributed by atoms with Crippen molar-refractivity contribution in [3.8, 4) is 22.7 Å². The number of aromatic hydroxyl groups is 1. The Hall–Kier alpha value is -4.17. The van der Waals surface area contributed by atoms with E-state index < -0.39 is 5.91 Å². The maximum absolute atomic E-state index is 12.7. The van der Waals surface area contributed by atoms with Crippen molar-refractivity contribution < 1.29 is 14.7 Å². The third-order valence-corrected chi connectivity index (χ3v) is 5.86. The summed E-state index contributed by atoms with van der Waals surface area (Å²) in [7, 11) is 0. The molecule has 1 aliphatic carbocycles. The Bertz CT molecular complexity index is 1430. The van der Waals surface area contributed by atoms with Crippen LogP contribution in [0.25, 0.3) is 16.9 Å². The van der Waals surface area contributed by atoms with Crippen molar-refractivity contribution in [3.05, 3.63) is 88.3 Å². The first-order chi connectivity index (χ1) is 15.9. The fourth-order valence-electron chi connectivity index (χ4n) is 4.08. The molecule has 0 spiro atoms. The van der Waals surface area contributed by atoms with Crippen LogP contribution in [0.1, 0.15) is 32.0 Å². The number of nitrogens with two attached hydrogens (primary N) is 1. The third-order valence-electron chi connectivity index (χ3n) is 5.56. The van der Waals surface area contributed by atoms with Crippen LogP contribution in [0.15, 0.2) is 60.8 Å². The molecule has 0 saturated heterocycles. The van der Waals surface area contributed by atoms with Gasteiger partial charge in [-0.05, 0) is 54.8 Å². The van der Waals surface area contributed by atoms with E-state index in [9.17, 15) is 14.7 Å². The van der Waals surface area contributed by atoms with Crippen molar-refractivity contribution >= 4 is 29.1 Å². The molecular weight excluding hydrogens is 442 g/mol. The molecule has 2 amide bonds. The van der Waals surface area contributed by atoms with Crippen molar-refractivity contribution in [2.24, 2.45) is 5.73 Å². The van der Waals surface area contributed by atoms with Crippen LogP contribution in [0.2, 0.25) is 5.15 Å². The number of phenolic OH excluding ortho intramolecular Hbond substituents is 1. The van der Waals surface area contributed by atoms with Gasteiger partial charge in [0.1, 0.15) is 10.9 Å². The molecule has 0 aliphatic heterocycles. The number of aromatic nitrogens is 3. The summed E-state index contributed by atoms with van der Waals surface area (Å²) in [6.07, 6.45) is 2.80. The van der Waals surface area contributed by atoms with Crippen LogP contribution in [-0.2, 0) is 12.8 Å². The number of nitrogens with one attached hydrogen (secondary N) is 1. The standard InChI is InChI=1S/C24H18ClN5O3/c25-22-18(5-2-10-27-22)24(33)28-14-8-6-13-7-9-17-20(23(26)32)29-30(21(17)19(13)11-14)15-3-1-4-16(31)12-15/h1-6,8,10-12,31H,7,9H2,(H2,26,32)(H,28,33). The van der Waals surface area contributed by atoms with Gasteiger partial charge in [-0.3, -0.25) is 9.59 Å². The molecule has 0 fully saturated rings. The van der Waals surface area contributed by atoms with E-state index in [0.717, 1.165) is 16.7 Å². The number of halogens is 1. The molecular formula is C24H18ClN5O3. The molecule has 0 radical (unpaired) electrons. The van der Waals surface area contributed by atoms with Crippen LogP contribution in [0.3, 0.4) is 0 Å². The zero-order valence-electron chi connectivity index (χ0n) is 17.2. The van der Waals surface area contributed by atoms with Gasteiger partial charge in [0.2, 0.25) is 0 Å². The van der Waals surface area contributed by atoms with Crippen molar-refractivity contribution in [2.45, 2.75) is 12.8 Å². The van der Waals surface area contributed by atoms with E-state index in [2.05, 4.69) is 15.4 Å². The molecule has 8 nitrogen and oxygen atoms in total. The predicted octanol–water partition coefficient (Wildman–Crippen LogP) is 3.74. The predicted molar refractivity (Wildman–Crippen MR) is 124 cm³/mol. The highest BCUT2D eigenvalue weighted by atomic mass is 35.5. The summed E-state index contributed by atoms with van der Waals surface area (Å²) >= 11 is 6.05. The first kappa shape index (κ1) is 20.7. The van der Waals surface area contributed by atoms with E-state index in [4.69, 9.17) is 17.3 Å². The minimum absolute atomic E-state index is 0.0720. The van der Waals surface area contributed by atoms with Crippen LogP contribution in [0.5, 0.6) is 5.75 Å². The Morgan fingerprint density at radius 3 is 2.70 bits per heavy atom. The smallest absolute Gasteiger partial charge is 0.269 e. The highest BCUT2D eigenvalue weighted by Crippen LogP contribution is 2.38. The number of hydrogen-bond acceptors (Lipinski definition) is 5. The fourth-order valence-corrected chi connectivity index (χ4v) is 4.28. The number of anilines is 1. The molecule has 5 rings (SSSR count). The fraction of sp³-hybridized carbons (Fsp3) is 0.0833. The molecule has 2 aromatic carbocycles. The molecule has 33 heavy (non-hydrogen) atoms. The zero-order chi connectivity index (χ0) is 23.1. The van der Waals surface area contributed by atoms with E-state index in [1.165, 1.54) is 6.20 Å². The summed E-state index contributed by atoms with van der Waals surface area (Å²) in [5.74, 6) is -0.935. The Kier molecular flexibility index (Phi) is 5.07. The normalized spacial score (nSPS) is 12.0. The second-order valence-corrected chi connectivity index (χ2v) is 8.00. The zero-order valence-corrected chi connectivity index (χ0v) is 18.0. The number of rotatable bonds is 4. The number of benzene rings is 2. The van der Waals surface area contributed by atoms with E-state index in [1.54, 1.807) is 41.1 Å². The summed E-state index contributed by atoms with van der Waals surface area (Å²) in [6.45, 7) is 0. The minimum Gasteiger partial charge on any atom is -0.508 e. The van der Waals surface area contributed by atoms with Crippen molar-refractivity contribution in [1.29, 1.82) is 0 Å². The van der Waals surface area contributed by atoms with Crippen LogP contribution < -0.4 is 11.1 Å². The molecule has 164 valence electrons. The van der Waals surface area contributed by atoms with Gasteiger partial charge in [0.25, 0.3) is 11.8 Å². The Balaban J connectivity index is 1.62. The summed E-state index contributed by atoms with van der Waals surface area (Å²) < 4.78 is 1.61. The topological polar surface area (TPSA) is 123 Å². The van der Waals surface area contributed by atoms with Crippen LogP contribution >= 0.6 is 11.6 Å². The first-order valence-electron chi connectivity index (χ1n) is 10.2. The van der Waals surface area contributed by atoms with Gasteiger partial charge < -0.3 is 16.2 Å². The van der Waals surface area contributed by atoms with Gasteiger partial charge in [-0.1, -0.05) is 23.7 Å². The second-order valence-electron chi connectivity index (χ2n) is 7.64. The number of fused-ring (bicyclic) bond motifs is 3. The van der Waals surface area contributed by atoms with Crippen molar-refractivity contribution in [1.82, 2.24) is 14.8 Å². The molecule has 0 unspecified atom stereocenters. The molecule has 2 aromatic heterocycles. The van der Waals surface area contributed by atoms with Gasteiger partial charge in [-0.15, -0.1) is 0 Å². The van der Waals surface area contributed by atoms with Crippen LogP contribution in [-0.4, -0.2) is 31.7 Å². The number of amides is 2. The Labute approximate surface area is 193 Å². The molecule has 0 bridgehead atoms. The number of aryl methyl sites for hydroxylation is 1. The maximum atomic E-state index is 12.7. The quantitative estimate of drug-likeness (QED) is 0.401. The molecule has 2 heterocycles. The summed E-state index contributed by atoms with van der Waals surface area (Å²) in [6, 6.07) is 15.4. The van der Waals surface area contributed by atoms with Crippen LogP contribution in [0.4, 0.5) is 5.69 Å². The third kappa shape index (κ3) is 3.70. The minimum atomic E-state index is -0.621. The summed E-state index contributed by atoms with van der Waals surface area (Å²) in [5.41, 5.74) is 10.5. The molecule has 9 heteroatoms. The van der Waals surface area contributed by atoms with Gasteiger partial charge in [0.15, 0.2) is 5.69 Å². The van der Waals surface area contributed by atoms with Crippen molar-refractivity contribution in [3.63, 3.8) is 0 Å².